The summed E-state index contributed by atoms with van der Waals surface area (Å²) in [5, 5.41) is 3.16. The van der Waals surface area contributed by atoms with Crippen molar-refractivity contribution in [2.24, 2.45) is 0 Å². The Labute approximate surface area is 129 Å². The molecule has 0 saturated heterocycles. The first-order chi connectivity index (χ1) is 10.0. The molecule has 2 aromatic heterocycles. The van der Waals surface area contributed by atoms with Crippen molar-refractivity contribution in [2.45, 2.75) is 19.9 Å². The van der Waals surface area contributed by atoms with E-state index in [1.165, 1.54) is 6.20 Å². The number of alkyl halides is 2. The highest BCUT2D eigenvalue weighted by Crippen LogP contribution is 2.17. The van der Waals surface area contributed by atoms with Crippen molar-refractivity contribution in [3.05, 3.63) is 46.2 Å². The molecule has 7 heteroatoms. The summed E-state index contributed by atoms with van der Waals surface area (Å²) in [7, 11) is 0. The maximum absolute atomic E-state index is 12.1. The highest BCUT2D eigenvalue weighted by Gasteiger charge is 2.05. The molecule has 0 aliphatic heterocycles. The van der Waals surface area contributed by atoms with Gasteiger partial charge in [-0.15, -0.1) is 0 Å². The minimum atomic E-state index is -2.51. The molecule has 0 radical (unpaired) electrons. The van der Waals surface area contributed by atoms with Crippen molar-refractivity contribution in [3.8, 4) is 5.88 Å². The lowest BCUT2D eigenvalue weighted by molar-refractivity contribution is 0.0795. The molecule has 0 amide bonds. The fourth-order valence-corrected chi connectivity index (χ4v) is 1.84. The lowest BCUT2D eigenvalue weighted by atomic mass is 10.2. The maximum Gasteiger partial charge on any atom is 0.272 e. The Hall–Kier alpha value is -1.76. The predicted octanol–water partition coefficient (Wildman–Crippen LogP) is 3.80. The van der Waals surface area contributed by atoms with Gasteiger partial charge in [-0.05, 0) is 46.6 Å². The summed E-state index contributed by atoms with van der Waals surface area (Å²) in [5.74, 6) is 0.928. The third kappa shape index (κ3) is 4.93. The number of anilines is 1. The van der Waals surface area contributed by atoms with Gasteiger partial charge < -0.3 is 10.1 Å². The average molecular weight is 358 g/mol. The third-order valence-corrected chi connectivity index (χ3v) is 3.49. The molecule has 1 N–H and O–H groups in total. The summed E-state index contributed by atoms with van der Waals surface area (Å²) < 4.78 is 30.0. The Morgan fingerprint density at radius 1 is 1.33 bits per heavy atom. The standard InChI is InChI=1S/C14H14BrF2N3O/c1-9-11(15)2-3-13(20-9)19-7-10-4-5-18-14(6-10)21-8-12(16)17/h2-6,12H,7-8H2,1H3,(H,19,20). The van der Waals surface area contributed by atoms with Crippen LogP contribution in [0.3, 0.4) is 0 Å². The van der Waals surface area contributed by atoms with Gasteiger partial charge in [-0.1, -0.05) is 0 Å². The van der Waals surface area contributed by atoms with Gasteiger partial charge in [0.1, 0.15) is 5.82 Å². The highest BCUT2D eigenvalue weighted by molar-refractivity contribution is 9.10. The number of halogens is 3. The van der Waals surface area contributed by atoms with Crippen LogP contribution in [-0.4, -0.2) is 23.0 Å². The molecule has 2 heterocycles. The molecular formula is C14H14BrF2N3O. The first-order valence-corrected chi connectivity index (χ1v) is 7.07. The van der Waals surface area contributed by atoms with Gasteiger partial charge in [0.25, 0.3) is 6.43 Å². The fraction of sp³-hybridized carbons (Fsp3) is 0.286. The molecule has 0 unspecified atom stereocenters. The summed E-state index contributed by atoms with van der Waals surface area (Å²) >= 11 is 3.39. The molecule has 0 fully saturated rings. The van der Waals surface area contributed by atoms with E-state index in [2.05, 4.69) is 31.2 Å². The van der Waals surface area contributed by atoms with Crippen LogP contribution in [0.4, 0.5) is 14.6 Å². The number of nitrogens with zero attached hydrogens (tertiary/aromatic N) is 2. The SMILES string of the molecule is Cc1nc(NCc2ccnc(OCC(F)F)c2)ccc1Br. The Kier molecular flexibility index (Phi) is 5.44. The molecule has 0 atom stereocenters. The Balaban J connectivity index is 1.96. The van der Waals surface area contributed by atoms with E-state index in [-0.39, 0.29) is 5.88 Å². The van der Waals surface area contributed by atoms with E-state index in [9.17, 15) is 8.78 Å². The first kappa shape index (κ1) is 15.6. The summed E-state index contributed by atoms with van der Waals surface area (Å²) in [6, 6.07) is 7.18. The second-order valence-electron chi connectivity index (χ2n) is 4.32. The topological polar surface area (TPSA) is 47.0 Å². The van der Waals surface area contributed by atoms with Gasteiger partial charge in [-0.25, -0.2) is 18.7 Å². The van der Waals surface area contributed by atoms with Crippen molar-refractivity contribution < 1.29 is 13.5 Å². The molecule has 4 nitrogen and oxygen atoms in total. The normalized spacial score (nSPS) is 10.7. The van der Waals surface area contributed by atoms with Crippen LogP contribution in [-0.2, 0) is 6.54 Å². The summed E-state index contributed by atoms with van der Waals surface area (Å²) in [6.45, 7) is 1.75. The van der Waals surface area contributed by atoms with Gasteiger partial charge in [0.05, 0.1) is 5.69 Å². The van der Waals surface area contributed by atoms with E-state index < -0.39 is 13.0 Å². The van der Waals surface area contributed by atoms with E-state index in [1.54, 1.807) is 12.1 Å². The summed E-state index contributed by atoms with van der Waals surface area (Å²) in [5.41, 5.74) is 1.76. The second kappa shape index (κ2) is 7.31. The molecule has 2 rings (SSSR count). The largest absolute Gasteiger partial charge is 0.472 e. The fourth-order valence-electron chi connectivity index (χ4n) is 1.62. The van der Waals surface area contributed by atoms with E-state index in [1.807, 2.05) is 19.1 Å². The van der Waals surface area contributed by atoms with Crippen molar-refractivity contribution in [1.29, 1.82) is 0 Å². The summed E-state index contributed by atoms with van der Waals surface area (Å²) in [4.78, 5) is 8.25. The zero-order valence-corrected chi connectivity index (χ0v) is 12.9. The molecule has 0 aliphatic rings. The van der Waals surface area contributed by atoms with E-state index in [0.717, 1.165) is 21.5 Å². The van der Waals surface area contributed by atoms with Crippen molar-refractivity contribution in [2.75, 3.05) is 11.9 Å². The number of pyridine rings is 2. The number of hydrogen-bond acceptors (Lipinski definition) is 4. The van der Waals surface area contributed by atoms with E-state index >= 15 is 0 Å². The van der Waals surface area contributed by atoms with Crippen molar-refractivity contribution in [1.82, 2.24) is 9.97 Å². The zero-order valence-electron chi connectivity index (χ0n) is 11.3. The Bertz CT molecular complexity index is 611. The van der Waals surface area contributed by atoms with Crippen LogP contribution in [0.5, 0.6) is 5.88 Å². The zero-order chi connectivity index (χ0) is 15.2. The molecule has 0 aliphatic carbocycles. The number of aromatic nitrogens is 2. The number of aryl methyl sites for hydroxylation is 1. The quantitative estimate of drug-likeness (QED) is 0.853. The van der Waals surface area contributed by atoms with Gasteiger partial charge in [0, 0.05) is 23.3 Å². The van der Waals surface area contributed by atoms with Gasteiger partial charge in [0.15, 0.2) is 6.61 Å². The van der Waals surface area contributed by atoms with Crippen LogP contribution in [0.25, 0.3) is 0 Å². The van der Waals surface area contributed by atoms with Crippen molar-refractivity contribution >= 4 is 21.7 Å². The predicted molar refractivity (Wildman–Crippen MR) is 79.7 cm³/mol. The number of rotatable bonds is 6. The van der Waals surface area contributed by atoms with Crippen LogP contribution < -0.4 is 10.1 Å². The van der Waals surface area contributed by atoms with Gasteiger partial charge >= 0.3 is 0 Å². The molecule has 112 valence electrons. The lowest BCUT2D eigenvalue weighted by Crippen LogP contribution is -2.08. The van der Waals surface area contributed by atoms with Crippen LogP contribution in [0.15, 0.2) is 34.9 Å². The van der Waals surface area contributed by atoms with Crippen LogP contribution >= 0.6 is 15.9 Å². The van der Waals surface area contributed by atoms with Crippen LogP contribution in [0.1, 0.15) is 11.3 Å². The van der Waals surface area contributed by atoms with Crippen LogP contribution in [0.2, 0.25) is 0 Å². The molecule has 0 aromatic carbocycles. The second-order valence-corrected chi connectivity index (χ2v) is 5.18. The van der Waals surface area contributed by atoms with Crippen LogP contribution in [0, 0.1) is 6.92 Å². The molecule has 21 heavy (non-hydrogen) atoms. The van der Waals surface area contributed by atoms with Crippen molar-refractivity contribution in [3.63, 3.8) is 0 Å². The monoisotopic (exact) mass is 357 g/mol. The number of hydrogen-bond donors (Lipinski definition) is 1. The number of nitrogens with one attached hydrogen (secondary N) is 1. The highest BCUT2D eigenvalue weighted by atomic mass is 79.9. The molecule has 0 saturated carbocycles. The smallest absolute Gasteiger partial charge is 0.272 e. The number of ether oxygens (including phenoxy) is 1. The molecule has 0 bridgehead atoms. The lowest BCUT2D eigenvalue weighted by Gasteiger charge is -2.09. The van der Waals surface area contributed by atoms with Gasteiger partial charge in [-0.3, -0.25) is 0 Å². The Morgan fingerprint density at radius 3 is 2.86 bits per heavy atom. The molecule has 0 spiro atoms. The molecular weight excluding hydrogens is 344 g/mol. The minimum Gasteiger partial charge on any atom is -0.472 e. The maximum atomic E-state index is 12.1. The first-order valence-electron chi connectivity index (χ1n) is 6.27. The van der Waals surface area contributed by atoms with E-state index in [0.29, 0.717) is 6.54 Å². The minimum absolute atomic E-state index is 0.189. The van der Waals surface area contributed by atoms with Gasteiger partial charge in [-0.2, -0.15) is 0 Å². The third-order valence-electron chi connectivity index (χ3n) is 2.65. The van der Waals surface area contributed by atoms with E-state index in [4.69, 9.17) is 4.74 Å². The van der Waals surface area contributed by atoms with Gasteiger partial charge in [0.2, 0.25) is 5.88 Å². The molecule has 2 aromatic rings. The summed E-state index contributed by atoms with van der Waals surface area (Å²) in [6.07, 6.45) is -0.985. The Morgan fingerprint density at radius 2 is 2.14 bits per heavy atom. The average Bonchev–Trinajstić information content (AvgIpc) is 2.47.